The lowest BCUT2D eigenvalue weighted by molar-refractivity contribution is -0.150. The third-order valence-corrected chi connectivity index (χ3v) is 4.95. The number of aliphatic carboxylic acids is 1. The third kappa shape index (κ3) is 2.46. The normalized spacial score (nSPS) is 22.6. The molecule has 0 radical (unpaired) electrons. The second kappa shape index (κ2) is 5.56. The van der Waals surface area contributed by atoms with E-state index in [0.29, 0.717) is 18.5 Å². The summed E-state index contributed by atoms with van der Waals surface area (Å²) in [6.45, 7) is 3.99. The molecule has 1 aliphatic rings. The van der Waals surface area contributed by atoms with Gasteiger partial charge in [0.1, 0.15) is 5.54 Å². The Balaban J connectivity index is 2.40. The Labute approximate surface area is 126 Å². The maximum Gasteiger partial charge on any atom is 0.329 e. The van der Waals surface area contributed by atoms with Crippen LogP contribution in [0.5, 0.6) is 0 Å². The van der Waals surface area contributed by atoms with Gasteiger partial charge in [0.25, 0.3) is 5.91 Å². The summed E-state index contributed by atoms with van der Waals surface area (Å²) in [4.78, 5) is 25.8. The van der Waals surface area contributed by atoms with Gasteiger partial charge in [0.05, 0.1) is 0 Å². The van der Waals surface area contributed by atoms with Crippen LogP contribution >= 0.6 is 15.9 Å². The highest BCUT2D eigenvalue weighted by atomic mass is 79.9. The van der Waals surface area contributed by atoms with Crippen molar-refractivity contribution < 1.29 is 14.7 Å². The number of hydrogen-bond donors (Lipinski definition) is 1. The van der Waals surface area contributed by atoms with Crippen molar-refractivity contribution >= 4 is 27.8 Å². The van der Waals surface area contributed by atoms with Gasteiger partial charge in [0, 0.05) is 16.6 Å². The molecule has 20 heavy (non-hydrogen) atoms. The van der Waals surface area contributed by atoms with Crippen LogP contribution in [0, 0.1) is 6.92 Å². The number of amides is 1. The summed E-state index contributed by atoms with van der Waals surface area (Å²) >= 11 is 3.41. The Kier molecular flexibility index (Phi) is 4.18. The summed E-state index contributed by atoms with van der Waals surface area (Å²) in [5.74, 6) is -1.13. The lowest BCUT2D eigenvalue weighted by atomic mass is 9.87. The molecule has 4 nitrogen and oxygen atoms in total. The number of carboxylic acid groups (broad SMARTS) is 1. The topological polar surface area (TPSA) is 57.6 Å². The number of carboxylic acids is 1. The SMILES string of the molecule is Cc1c(Br)cccc1C(=O)N1CCCCC1(C)C(=O)O. The van der Waals surface area contributed by atoms with Gasteiger partial charge in [-0.2, -0.15) is 0 Å². The standard InChI is InChI=1S/C15H18BrNO3/c1-10-11(6-5-7-12(10)16)13(18)17-9-4-3-8-15(17,2)14(19)20/h5-7H,3-4,8-9H2,1-2H3,(H,19,20). The largest absolute Gasteiger partial charge is 0.480 e. The molecule has 1 amide bonds. The first kappa shape index (κ1) is 15.0. The van der Waals surface area contributed by atoms with Gasteiger partial charge in [-0.15, -0.1) is 0 Å². The molecule has 2 rings (SSSR count). The average Bonchev–Trinajstić information content (AvgIpc) is 2.41. The molecular weight excluding hydrogens is 322 g/mol. The van der Waals surface area contributed by atoms with Gasteiger partial charge < -0.3 is 10.0 Å². The van der Waals surface area contributed by atoms with Crippen molar-refractivity contribution in [3.63, 3.8) is 0 Å². The molecule has 0 bridgehead atoms. The summed E-state index contributed by atoms with van der Waals surface area (Å²) in [6.07, 6.45) is 2.19. The second-order valence-electron chi connectivity index (χ2n) is 5.41. The van der Waals surface area contributed by atoms with Crippen LogP contribution in [0.3, 0.4) is 0 Å². The Morgan fingerprint density at radius 1 is 1.35 bits per heavy atom. The second-order valence-corrected chi connectivity index (χ2v) is 6.26. The van der Waals surface area contributed by atoms with Crippen LogP contribution in [0.1, 0.15) is 42.1 Å². The molecule has 1 aliphatic heterocycles. The Morgan fingerprint density at radius 2 is 2.05 bits per heavy atom. The van der Waals surface area contributed by atoms with Crippen molar-refractivity contribution in [1.82, 2.24) is 4.90 Å². The lowest BCUT2D eigenvalue weighted by Gasteiger charge is -2.41. The molecule has 0 saturated carbocycles. The number of halogens is 1. The maximum absolute atomic E-state index is 12.7. The third-order valence-electron chi connectivity index (χ3n) is 4.10. The van der Waals surface area contributed by atoms with E-state index in [4.69, 9.17) is 0 Å². The van der Waals surface area contributed by atoms with Crippen LogP contribution in [0.4, 0.5) is 0 Å². The van der Waals surface area contributed by atoms with E-state index in [9.17, 15) is 14.7 Å². The minimum atomic E-state index is -1.11. The Bertz CT molecular complexity index is 558. The molecule has 108 valence electrons. The van der Waals surface area contributed by atoms with E-state index in [0.717, 1.165) is 22.9 Å². The smallest absolute Gasteiger partial charge is 0.329 e. The minimum absolute atomic E-state index is 0.201. The van der Waals surface area contributed by atoms with Gasteiger partial charge in [-0.3, -0.25) is 4.79 Å². The molecule has 1 atom stereocenters. The number of carbonyl (C=O) groups is 2. The van der Waals surface area contributed by atoms with E-state index in [2.05, 4.69) is 15.9 Å². The fourth-order valence-electron chi connectivity index (χ4n) is 2.65. The quantitative estimate of drug-likeness (QED) is 0.899. The van der Waals surface area contributed by atoms with Gasteiger partial charge in [-0.1, -0.05) is 22.0 Å². The summed E-state index contributed by atoms with van der Waals surface area (Å²) in [5.41, 5.74) is 0.300. The fourth-order valence-corrected chi connectivity index (χ4v) is 3.02. The molecule has 5 heteroatoms. The summed E-state index contributed by atoms with van der Waals surface area (Å²) in [7, 11) is 0. The number of piperidine rings is 1. The van der Waals surface area contributed by atoms with E-state index in [1.54, 1.807) is 19.1 Å². The van der Waals surface area contributed by atoms with E-state index in [1.165, 1.54) is 4.90 Å². The van der Waals surface area contributed by atoms with Gasteiger partial charge >= 0.3 is 5.97 Å². The number of benzene rings is 1. The van der Waals surface area contributed by atoms with E-state index >= 15 is 0 Å². The predicted octanol–water partition coefficient (Wildman–Crippen LogP) is 3.23. The average molecular weight is 340 g/mol. The summed E-state index contributed by atoms with van der Waals surface area (Å²) in [5, 5.41) is 9.48. The van der Waals surface area contributed by atoms with E-state index < -0.39 is 11.5 Å². The molecule has 1 fully saturated rings. The maximum atomic E-state index is 12.7. The molecule has 0 spiro atoms. The van der Waals surface area contributed by atoms with Crippen LogP contribution < -0.4 is 0 Å². The lowest BCUT2D eigenvalue weighted by Crippen LogP contribution is -2.57. The zero-order chi connectivity index (χ0) is 14.9. The predicted molar refractivity (Wildman–Crippen MR) is 79.8 cm³/mol. The molecule has 0 aromatic heterocycles. The van der Waals surface area contributed by atoms with Crippen LogP contribution in [0.2, 0.25) is 0 Å². The fraction of sp³-hybridized carbons (Fsp3) is 0.467. The number of hydrogen-bond acceptors (Lipinski definition) is 2. The van der Waals surface area contributed by atoms with Crippen LogP contribution in [0.15, 0.2) is 22.7 Å². The molecule has 1 aromatic carbocycles. The number of nitrogens with zero attached hydrogens (tertiary/aromatic N) is 1. The molecule has 0 aliphatic carbocycles. The van der Waals surface area contributed by atoms with Gasteiger partial charge in [-0.25, -0.2) is 4.79 Å². The molecule has 1 heterocycles. The van der Waals surface area contributed by atoms with Gasteiger partial charge in [0.15, 0.2) is 0 Å². The van der Waals surface area contributed by atoms with E-state index in [-0.39, 0.29) is 5.91 Å². The van der Waals surface area contributed by atoms with Crippen molar-refractivity contribution in [2.45, 2.75) is 38.6 Å². The van der Waals surface area contributed by atoms with Crippen molar-refractivity contribution in [2.75, 3.05) is 6.54 Å². The van der Waals surface area contributed by atoms with Gasteiger partial charge in [0.2, 0.25) is 0 Å². The van der Waals surface area contributed by atoms with Gasteiger partial charge in [-0.05, 0) is 50.8 Å². The number of rotatable bonds is 2. The zero-order valence-corrected chi connectivity index (χ0v) is 13.2. The van der Waals surface area contributed by atoms with Crippen molar-refractivity contribution in [2.24, 2.45) is 0 Å². The monoisotopic (exact) mass is 339 g/mol. The summed E-state index contributed by atoms with van der Waals surface area (Å²) < 4.78 is 0.859. The van der Waals surface area contributed by atoms with Crippen LogP contribution in [0.25, 0.3) is 0 Å². The zero-order valence-electron chi connectivity index (χ0n) is 11.6. The van der Waals surface area contributed by atoms with Crippen molar-refractivity contribution in [3.05, 3.63) is 33.8 Å². The van der Waals surface area contributed by atoms with Crippen LogP contribution in [-0.2, 0) is 4.79 Å². The number of carbonyl (C=O) groups excluding carboxylic acids is 1. The highest BCUT2D eigenvalue weighted by Crippen LogP contribution is 2.31. The summed E-state index contributed by atoms with van der Waals surface area (Å²) in [6, 6.07) is 5.42. The first-order valence-corrected chi connectivity index (χ1v) is 7.47. The first-order valence-electron chi connectivity index (χ1n) is 6.68. The highest BCUT2D eigenvalue weighted by Gasteiger charge is 2.44. The molecule has 1 aromatic rings. The molecule has 1 unspecified atom stereocenters. The van der Waals surface area contributed by atoms with Crippen molar-refractivity contribution in [3.8, 4) is 0 Å². The molecule has 1 N–H and O–H groups in total. The molecular formula is C15H18BrNO3. The van der Waals surface area contributed by atoms with Crippen molar-refractivity contribution in [1.29, 1.82) is 0 Å². The first-order chi connectivity index (χ1) is 9.38. The number of likely N-dealkylation sites (tertiary alicyclic amines) is 1. The molecule has 1 saturated heterocycles. The minimum Gasteiger partial charge on any atom is -0.480 e. The van der Waals surface area contributed by atoms with Crippen LogP contribution in [-0.4, -0.2) is 34.0 Å². The highest BCUT2D eigenvalue weighted by molar-refractivity contribution is 9.10. The Hall–Kier alpha value is -1.36. The Morgan fingerprint density at radius 3 is 2.70 bits per heavy atom. The van der Waals surface area contributed by atoms with E-state index in [1.807, 2.05) is 13.0 Å².